The molecule has 3 rings (SSSR count). The number of benzene rings is 1. The van der Waals surface area contributed by atoms with E-state index in [0.717, 1.165) is 18.4 Å². The van der Waals surface area contributed by atoms with Gasteiger partial charge in [0.2, 0.25) is 0 Å². The van der Waals surface area contributed by atoms with Gasteiger partial charge in [-0.25, -0.2) is 4.98 Å². The fraction of sp³-hybridized carbons (Fsp3) is 0.438. The number of pyridine rings is 1. The van der Waals surface area contributed by atoms with Gasteiger partial charge in [0.15, 0.2) is 0 Å². The number of fused-ring (bicyclic) bond motifs is 1. The second kappa shape index (κ2) is 7.22. The Hall–Kier alpha value is -0.740. The summed E-state index contributed by atoms with van der Waals surface area (Å²) in [6.45, 7) is 4.12. The normalized spacial score (nSPS) is 15.6. The second-order valence-electron chi connectivity index (χ2n) is 5.48. The molecule has 0 unspecified atom stereocenters. The summed E-state index contributed by atoms with van der Waals surface area (Å²) in [5.74, 6) is 0.626. The third-order valence-corrected chi connectivity index (χ3v) is 4.66. The SMILES string of the molecule is Clc1cc(Cl)c2cc(Cl)c(OCCCN3CCCC3)cc2n1. The van der Waals surface area contributed by atoms with Crippen LogP contribution in [0.4, 0.5) is 0 Å². The van der Waals surface area contributed by atoms with E-state index in [0.29, 0.717) is 33.1 Å². The van der Waals surface area contributed by atoms with E-state index in [-0.39, 0.29) is 0 Å². The summed E-state index contributed by atoms with van der Waals surface area (Å²) in [7, 11) is 0. The minimum atomic E-state index is 0.361. The standard InChI is InChI=1S/C16H17Cl3N2O/c17-12-9-16(19)20-14-10-15(13(18)8-11(12)14)22-7-3-6-21-4-1-2-5-21/h8-10H,1-7H2. The molecule has 3 nitrogen and oxygen atoms in total. The van der Waals surface area contributed by atoms with Gasteiger partial charge in [0, 0.05) is 18.0 Å². The molecule has 1 aliphatic heterocycles. The molecule has 0 aliphatic carbocycles. The molecule has 0 saturated carbocycles. The highest BCUT2D eigenvalue weighted by Gasteiger charge is 2.12. The molecule has 6 heteroatoms. The fourth-order valence-electron chi connectivity index (χ4n) is 2.74. The van der Waals surface area contributed by atoms with Crippen LogP contribution in [0.5, 0.6) is 5.75 Å². The Bertz CT molecular complexity index is 672. The molecule has 1 aromatic carbocycles. The van der Waals surface area contributed by atoms with Gasteiger partial charge in [0.05, 0.1) is 22.2 Å². The maximum absolute atomic E-state index is 6.27. The maximum Gasteiger partial charge on any atom is 0.140 e. The van der Waals surface area contributed by atoms with Crippen LogP contribution in [0.1, 0.15) is 19.3 Å². The predicted octanol–water partition coefficient (Wildman–Crippen LogP) is 5.06. The molecule has 2 aromatic rings. The lowest BCUT2D eigenvalue weighted by Gasteiger charge is -2.15. The molecule has 0 spiro atoms. The summed E-state index contributed by atoms with van der Waals surface area (Å²) in [5.41, 5.74) is 0.691. The van der Waals surface area contributed by atoms with E-state index in [4.69, 9.17) is 39.5 Å². The van der Waals surface area contributed by atoms with Gasteiger partial charge in [-0.15, -0.1) is 0 Å². The van der Waals surface area contributed by atoms with Crippen molar-refractivity contribution in [3.8, 4) is 5.75 Å². The van der Waals surface area contributed by atoms with E-state index in [1.807, 2.05) is 0 Å². The minimum absolute atomic E-state index is 0.361. The number of hydrogen-bond acceptors (Lipinski definition) is 3. The molecule has 1 aromatic heterocycles. The number of halogens is 3. The predicted molar refractivity (Wildman–Crippen MR) is 92.6 cm³/mol. The van der Waals surface area contributed by atoms with E-state index < -0.39 is 0 Å². The van der Waals surface area contributed by atoms with Crippen LogP contribution in [0.15, 0.2) is 18.2 Å². The molecule has 1 aliphatic rings. The fourth-order valence-corrected chi connectivity index (χ4v) is 3.47. The van der Waals surface area contributed by atoms with Crippen LogP contribution in [0, 0.1) is 0 Å². The average molecular weight is 360 g/mol. The monoisotopic (exact) mass is 358 g/mol. The number of aromatic nitrogens is 1. The highest BCUT2D eigenvalue weighted by molar-refractivity contribution is 6.39. The van der Waals surface area contributed by atoms with Gasteiger partial charge in [0.1, 0.15) is 10.9 Å². The summed E-state index contributed by atoms with van der Waals surface area (Å²) < 4.78 is 5.80. The van der Waals surface area contributed by atoms with Crippen molar-refractivity contribution >= 4 is 45.7 Å². The summed E-state index contributed by atoms with van der Waals surface area (Å²) in [4.78, 5) is 6.73. The molecule has 0 radical (unpaired) electrons. The zero-order valence-corrected chi connectivity index (χ0v) is 14.4. The van der Waals surface area contributed by atoms with Crippen molar-refractivity contribution in [3.63, 3.8) is 0 Å². The van der Waals surface area contributed by atoms with E-state index in [1.54, 1.807) is 18.2 Å². The number of hydrogen-bond donors (Lipinski definition) is 0. The molecular weight excluding hydrogens is 343 g/mol. The van der Waals surface area contributed by atoms with Crippen LogP contribution in [0.3, 0.4) is 0 Å². The smallest absolute Gasteiger partial charge is 0.140 e. The van der Waals surface area contributed by atoms with Crippen molar-refractivity contribution < 1.29 is 4.74 Å². The molecule has 2 heterocycles. The first-order chi connectivity index (χ1) is 10.6. The molecule has 1 saturated heterocycles. The van der Waals surface area contributed by atoms with Crippen molar-refractivity contribution in [2.24, 2.45) is 0 Å². The minimum Gasteiger partial charge on any atom is -0.492 e. The van der Waals surface area contributed by atoms with Gasteiger partial charge in [0.25, 0.3) is 0 Å². The summed E-state index contributed by atoms with van der Waals surface area (Å²) in [6, 6.07) is 5.18. The summed E-state index contributed by atoms with van der Waals surface area (Å²) in [6.07, 6.45) is 3.60. The van der Waals surface area contributed by atoms with Gasteiger partial charge in [-0.3, -0.25) is 0 Å². The zero-order chi connectivity index (χ0) is 15.5. The Morgan fingerprint density at radius 2 is 1.82 bits per heavy atom. The Morgan fingerprint density at radius 3 is 2.59 bits per heavy atom. The molecule has 0 bridgehead atoms. The average Bonchev–Trinajstić information content (AvgIpc) is 2.98. The molecule has 0 N–H and O–H groups in total. The first-order valence-corrected chi connectivity index (χ1v) is 8.57. The van der Waals surface area contributed by atoms with E-state index in [9.17, 15) is 0 Å². The lowest BCUT2D eigenvalue weighted by atomic mass is 10.2. The Morgan fingerprint density at radius 1 is 1.05 bits per heavy atom. The van der Waals surface area contributed by atoms with E-state index in [2.05, 4.69) is 9.88 Å². The molecule has 0 atom stereocenters. The molecule has 118 valence electrons. The molecule has 22 heavy (non-hydrogen) atoms. The highest BCUT2D eigenvalue weighted by Crippen LogP contribution is 2.34. The van der Waals surface area contributed by atoms with Crippen LogP contribution in [-0.4, -0.2) is 36.1 Å². The zero-order valence-electron chi connectivity index (χ0n) is 12.1. The topological polar surface area (TPSA) is 25.4 Å². The van der Waals surface area contributed by atoms with Crippen molar-refractivity contribution in [1.82, 2.24) is 9.88 Å². The van der Waals surface area contributed by atoms with Crippen LogP contribution in [0.25, 0.3) is 10.9 Å². The first-order valence-electron chi connectivity index (χ1n) is 7.44. The van der Waals surface area contributed by atoms with Crippen molar-refractivity contribution in [1.29, 1.82) is 0 Å². The quantitative estimate of drug-likeness (QED) is 0.551. The van der Waals surface area contributed by atoms with Crippen molar-refractivity contribution in [2.45, 2.75) is 19.3 Å². The molecule has 0 amide bonds. The second-order valence-corrected chi connectivity index (χ2v) is 6.68. The molecule has 1 fully saturated rings. The number of likely N-dealkylation sites (tertiary alicyclic amines) is 1. The van der Waals surface area contributed by atoms with Crippen LogP contribution >= 0.6 is 34.8 Å². The lowest BCUT2D eigenvalue weighted by molar-refractivity contribution is 0.263. The van der Waals surface area contributed by atoms with Crippen LogP contribution < -0.4 is 4.74 Å². The summed E-state index contributed by atoms with van der Waals surface area (Å²) >= 11 is 18.4. The summed E-state index contributed by atoms with van der Waals surface area (Å²) in [5, 5.41) is 2.22. The van der Waals surface area contributed by atoms with Crippen molar-refractivity contribution in [3.05, 3.63) is 33.4 Å². The maximum atomic E-state index is 6.27. The van der Waals surface area contributed by atoms with Crippen LogP contribution in [-0.2, 0) is 0 Å². The van der Waals surface area contributed by atoms with Gasteiger partial charge in [-0.2, -0.15) is 0 Å². The van der Waals surface area contributed by atoms with Crippen LogP contribution in [0.2, 0.25) is 15.2 Å². The van der Waals surface area contributed by atoms with E-state index in [1.165, 1.54) is 25.9 Å². The highest BCUT2D eigenvalue weighted by atomic mass is 35.5. The van der Waals surface area contributed by atoms with Gasteiger partial charge >= 0.3 is 0 Å². The van der Waals surface area contributed by atoms with Crippen molar-refractivity contribution in [2.75, 3.05) is 26.2 Å². The number of rotatable bonds is 5. The van der Waals surface area contributed by atoms with Gasteiger partial charge in [-0.1, -0.05) is 34.8 Å². The Kier molecular flexibility index (Phi) is 5.29. The first kappa shape index (κ1) is 16.1. The Labute approximate surface area is 145 Å². The largest absolute Gasteiger partial charge is 0.492 e. The molecular formula is C16H17Cl3N2O. The third-order valence-electron chi connectivity index (χ3n) is 3.86. The number of nitrogens with zero attached hydrogens (tertiary/aromatic N) is 2. The lowest BCUT2D eigenvalue weighted by Crippen LogP contribution is -2.21. The number of ether oxygens (including phenoxy) is 1. The van der Waals surface area contributed by atoms with Gasteiger partial charge in [-0.05, 0) is 44.5 Å². The Balaban J connectivity index is 1.66. The van der Waals surface area contributed by atoms with Gasteiger partial charge < -0.3 is 9.64 Å². The van der Waals surface area contributed by atoms with E-state index >= 15 is 0 Å². The third kappa shape index (κ3) is 3.77.